The van der Waals surface area contributed by atoms with Gasteiger partial charge in [0.2, 0.25) is 17.8 Å². The molecule has 3 aliphatic heterocycles. The smallest absolute Gasteiger partial charge is 0.293 e. The van der Waals surface area contributed by atoms with Gasteiger partial charge in [-0.15, -0.1) is 0 Å². The predicted octanol–water partition coefficient (Wildman–Crippen LogP) is 3.68. The average Bonchev–Trinajstić information content (AvgIpc) is 3.23. The number of rotatable bonds is 13. The molecule has 2 aromatic heterocycles. The average molecular weight is 854 g/mol. The summed E-state index contributed by atoms with van der Waals surface area (Å²) >= 11 is 6.56. The van der Waals surface area contributed by atoms with Gasteiger partial charge in [0, 0.05) is 81.0 Å². The monoisotopic (exact) mass is 853 g/mol. The van der Waals surface area contributed by atoms with Gasteiger partial charge in [-0.2, -0.15) is 4.98 Å². The van der Waals surface area contributed by atoms with Crippen molar-refractivity contribution in [1.29, 1.82) is 0 Å². The SMILES string of the molecule is CCn1c(=O)c(OCC(=O)NC)cc2cc(Nc3nc(N4CCC(OC5CC6(C5)CN(c5ccc(C(=O)N(C)C7CCC(=O)NC7=O)c(C=O)c5)C6)CC4)ncc3Cl)ccc21. The number of benzene rings is 2. The van der Waals surface area contributed by atoms with E-state index in [0.29, 0.717) is 35.3 Å². The molecule has 0 bridgehead atoms. The van der Waals surface area contributed by atoms with E-state index in [-0.39, 0.29) is 71.3 Å². The van der Waals surface area contributed by atoms with Gasteiger partial charge in [0.1, 0.15) is 11.1 Å². The first kappa shape index (κ1) is 41.7. The lowest BCUT2D eigenvalue weighted by Gasteiger charge is -2.60. The number of halogens is 1. The molecule has 18 heteroatoms. The molecule has 4 aromatic rings. The van der Waals surface area contributed by atoms with Gasteiger partial charge in [-0.25, -0.2) is 4.98 Å². The summed E-state index contributed by atoms with van der Waals surface area (Å²) < 4.78 is 13.7. The summed E-state index contributed by atoms with van der Waals surface area (Å²) in [6.45, 7) is 5.15. The minimum Gasteiger partial charge on any atom is -0.478 e. The van der Waals surface area contributed by atoms with E-state index < -0.39 is 17.9 Å². The summed E-state index contributed by atoms with van der Waals surface area (Å²) in [7, 11) is 3.02. The van der Waals surface area contributed by atoms with E-state index >= 15 is 0 Å². The normalized spacial score (nSPS) is 18.9. The molecular formula is C43H48ClN9O8. The number of hydrogen-bond donors (Lipinski definition) is 3. The number of anilines is 4. The highest BCUT2D eigenvalue weighted by Crippen LogP contribution is 2.51. The number of likely N-dealkylation sites (N-methyl/N-ethyl adjacent to an activating group) is 2. The number of aldehydes is 1. The number of aromatic nitrogens is 3. The number of amides is 4. The molecule has 2 aromatic carbocycles. The van der Waals surface area contributed by atoms with Crippen LogP contribution in [0.1, 0.15) is 66.2 Å². The molecule has 4 aliphatic rings. The van der Waals surface area contributed by atoms with Crippen LogP contribution in [0, 0.1) is 5.41 Å². The zero-order chi connectivity index (χ0) is 43.0. The van der Waals surface area contributed by atoms with Crippen LogP contribution in [-0.2, 0) is 25.7 Å². The predicted molar refractivity (Wildman–Crippen MR) is 228 cm³/mol. The maximum atomic E-state index is 13.3. The fourth-order valence-corrected chi connectivity index (χ4v) is 9.04. The van der Waals surface area contributed by atoms with Gasteiger partial charge < -0.3 is 39.4 Å². The second-order valence-corrected chi connectivity index (χ2v) is 16.7. The van der Waals surface area contributed by atoms with E-state index in [0.717, 1.165) is 68.5 Å². The quantitative estimate of drug-likeness (QED) is 0.130. The number of fused-ring (bicyclic) bond motifs is 1. The lowest BCUT2D eigenvalue weighted by molar-refractivity contribution is -0.136. The Hall–Kier alpha value is -6.07. The molecule has 3 saturated heterocycles. The van der Waals surface area contributed by atoms with E-state index in [1.807, 2.05) is 31.2 Å². The minimum absolute atomic E-state index is 0.0842. The van der Waals surface area contributed by atoms with Crippen molar-refractivity contribution in [2.24, 2.45) is 5.41 Å². The molecule has 1 saturated carbocycles. The highest BCUT2D eigenvalue weighted by molar-refractivity contribution is 6.33. The van der Waals surface area contributed by atoms with Gasteiger partial charge in [0.15, 0.2) is 24.5 Å². The van der Waals surface area contributed by atoms with Crippen molar-refractivity contribution in [1.82, 2.24) is 30.1 Å². The molecular weight excluding hydrogens is 806 g/mol. The van der Waals surface area contributed by atoms with E-state index in [2.05, 4.69) is 30.7 Å². The number of aryl methyl sites for hydroxylation is 1. The fraction of sp³-hybridized carbons (Fsp3) is 0.442. The number of carbonyl (C=O) groups excluding carboxylic acids is 5. The largest absolute Gasteiger partial charge is 0.478 e. The van der Waals surface area contributed by atoms with E-state index in [1.165, 1.54) is 19.0 Å². The molecule has 3 N–H and O–H groups in total. The van der Waals surface area contributed by atoms with Crippen LogP contribution in [0.3, 0.4) is 0 Å². The zero-order valence-electron chi connectivity index (χ0n) is 34.2. The summed E-state index contributed by atoms with van der Waals surface area (Å²) in [5.41, 5.74) is 2.63. The summed E-state index contributed by atoms with van der Waals surface area (Å²) in [6.07, 6.45) is 6.54. The van der Waals surface area contributed by atoms with Crippen LogP contribution in [-0.4, -0.2) is 114 Å². The molecule has 1 aliphatic carbocycles. The Balaban J connectivity index is 0.821. The van der Waals surface area contributed by atoms with Crippen LogP contribution >= 0.6 is 11.6 Å². The molecule has 320 valence electrons. The van der Waals surface area contributed by atoms with Gasteiger partial charge in [0.25, 0.3) is 17.4 Å². The maximum Gasteiger partial charge on any atom is 0.293 e. The number of ether oxygens (including phenoxy) is 2. The van der Waals surface area contributed by atoms with Crippen molar-refractivity contribution >= 4 is 75.6 Å². The van der Waals surface area contributed by atoms with Gasteiger partial charge >= 0.3 is 0 Å². The van der Waals surface area contributed by atoms with Crippen LogP contribution in [0.5, 0.6) is 5.75 Å². The minimum atomic E-state index is -0.773. The summed E-state index contributed by atoms with van der Waals surface area (Å²) in [6, 6.07) is 11.6. The second-order valence-electron chi connectivity index (χ2n) is 16.3. The van der Waals surface area contributed by atoms with E-state index in [4.69, 9.17) is 26.1 Å². The van der Waals surface area contributed by atoms with Crippen molar-refractivity contribution < 1.29 is 33.4 Å². The standard InChI is InChI=1S/C43H48ClN9O8/c1-4-53-33-8-5-27(15-25(33)17-35(41(53)59)60-22-37(56)45-2)47-38-32(44)20-46-42(49-38)51-13-11-29(12-14-51)61-30-18-43(19-30)23-52(24-43)28-6-7-31(26(16-28)21-54)40(58)50(3)34-9-10-36(55)48-39(34)57/h5-8,15-17,20-21,29-30,34H,4,9-14,18-19,22-24H2,1-3H3,(H,45,56)(H,46,47,49)(H,48,55,57). The van der Waals surface area contributed by atoms with Crippen LogP contribution < -0.4 is 36.0 Å². The Labute approximate surface area is 356 Å². The number of nitrogens with zero attached hydrogens (tertiary/aromatic N) is 6. The molecule has 1 spiro atoms. The number of carbonyl (C=O) groups is 5. The molecule has 0 radical (unpaired) electrons. The van der Waals surface area contributed by atoms with Gasteiger partial charge in [-0.1, -0.05) is 11.6 Å². The van der Waals surface area contributed by atoms with Crippen molar-refractivity contribution in [3.8, 4) is 5.75 Å². The molecule has 4 fully saturated rings. The van der Waals surface area contributed by atoms with Crippen LogP contribution in [0.2, 0.25) is 5.02 Å². The number of pyridine rings is 1. The molecule has 8 rings (SSSR count). The van der Waals surface area contributed by atoms with Crippen LogP contribution in [0.15, 0.2) is 53.5 Å². The molecule has 17 nitrogen and oxygen atoms in total. The van der Waals surface area contributed by atoms with Gasteiger partial charge in [-0.05, 0) is 81.5 Å². The molecule has 4 amide bonds. The number of nitrogens with one attached hydrogen (secondary N) is 3. The van der Waals surface area contributed by atoms with E-state index in [9.17, 15) is 28.8 Å². The van der Waals surface area contributed by atoms with Crippen molar-refractivity contribution in [2.45, 2.75) is 70.2 Å². The topological polar surface area (TPSA) is 197 Å². The number of hydrogen-bond acceptors (Lipinski definition) is 13. The molecule has 1 unspecified atom stereocenters. The van der Waals surface area contributed by atoms with Gasteiger partial charge in [0.05, 0.1) is 29.5 Å². The highest BCUT2D eigenvalue weighted by atomic mass is 35.5. The third-order valence-corrected chi connectivity index (χ3v) is 12.5. The summed E-state index contributed by atoms with van der Waals surface area (Å²) in [4.78, 5) is 89.0. The lowest BCUT2D eigenvalue weighted by atomic mass is 9.61. The first-order valence-corrected chi connectivity index (χ1v) is 20.9. The Kier molecular flexibility index (Phi) is 11.7. The third kappa shape index (κ3) is 8.48. The Morgan fingerprint density at radius 3 is 2.51 bits per heavy atom. The van der Waals surface area contributed by atoms with Crippen molar-refractivity contribution in [3.63, 3.8) is 0 Å². The Morgan fingerprint density at radius 1 is 1.03 bits per heavy atom. The summed E-state index contributed by atoms with van der Waals surface area (Å²) in [5.74, 6) is -0.559. The molecule has 1 atom stereocenters. The first-order chi connectivity index (χ1) is 29.4. The second kappa shape index (κ2) is 17.1. The Bertz CT molecular complexity index is 2460. The van der Waals surface area contributed by atoms with Crippen LogP contribution in [0.4, 0.5) is 23.1 Å². The lowest BCUT2D eigenvalue weighted by Crippen LogP contribution is -2.64. The van der Waals surface area contributed by atoms with E-state index in [1.54, 1.807) is 29.0 Å². The van der Waals surface area contributed by atoms with Crippen molar-refractivity contribution in [3.05, 3.63) is 75.2 Å². The fourth-order valence-electron chi connectivity index (χ4n) is 8.90. The van der Waals surface area contributed by atoms with Crippen LogP contribution in [0.25, 0.3) is 10.9 Å². The number of imide groups is 1. The highest BCUT2D eigenvalue weighted by Gasteiger charge is 2.53. The third-order valence-electron chi connectivity index (χ3n) is 12.2. The molecule has 61 heavy (non-hydrogen) atoms. The Morgan fingerprint density at radius 2 is 1.80 bits per heavy atom. The van der Waals surface area contributed by atoms with Gasteiger partial charge in [-0.3, -0.25) is 34.1 Å². The zero-order valence-corrected chi connectivity index (χ0v) is 35.0. The first-order valence-electron chi connectivity index (χ1n) is 20.5. The maximum absolute atomic E-state index is 13.3. The molecule has 5 heterocycles. The van der Waals surface area contributed by atoms with Crippen molar-refractivity contribution in [2.75, 3.05) is 62.0 Å². The number of piperidine rings is 2. The summed E-state index contributed by atoms with van der Waals surface area (Å²) in [5, 5.41) is 9.17.